The average molecular weight is 370 g/mol. The Morgan fingerprint density at radius 2 is 1.74 bits per heavy atom. The molecular weight excluding hydrogens is 344 g/mol. The van der Waals surface area contributed by atoms with Crippen LogP contribution in [-0.4, -0.2) is 25.5 Å². The summed E-state index contributed by atoms with van der Waals surface area (Å²) in [6, 6.07) is 12.9. The normalized spacial score (nSPS) is 10.4. The van der Waals surface area contributed by atoms with E-state index >= 15 is 0 Å². The zero-order valence-electron chi connectivity index (χ0n) is 16.2. The molecule has 0 saturated heterocycles. The van der Waals surface area contributed by atoms with Crippen LogP contribution in [0, 0.1) is 12.8 Å². The third-order valence-electron chi connectivity index (χ3n) is 3.91. The molecule has 27 heavy (non-hydrogen) atoms. The van der Waals surface area contributed by atoms with E-state index in [4.69, 9.17) is 9.47 Å². The number of benzene rings is 2. The molecule has 0 bridgehead atoms. The summed E-state index contributed by atoms with van der Waals surface area (Å²) in [7, 11) is 1.56. The van der Waals surface area contributed by atoms with Gasteiger partial charge in [-0.05, 0) is 42.3 Å². The second-order valence-corrected chi connectivity index (χ2v) is 6.56. The van der Waals surface area contributed by atoms with E-state index in [1.54, 1.807) is 13.2 Å². The minimum atomic E-state index is -0.227. The van der Waals surface area contributed by atoms with E-state index in [2.05, 4.69) is 10.6 Å². The number of nitrogens with one attached hydrogen (secondary N) is 2. The van der Waals surface area contributed by atoms with Gasteiger partial charge in [0.25, 0.3) is 5.91 Å². The molecule has 0 aliphatic rings. The SMILES string of the molecule is COc1cc(C)ccc1OCC(=O)NCc1ccc(NC(=O)C(C)C)cc1. The highest BCUT2D eigenvalue weighted by molar-refractivity contribution is 5.92. The minimum absolute atomic E-state index is 0.0280. The summed E-state index contributed by atoms with van der Waals surface area (Å²) in [4.78, 5) is 23.7. The van der Waals surface area contributed by atoms with E-state index in [-0.39, 0.29) is 24.3 Å². The van der Waals surface area contributed by atoms with Crippen LogP contribution in [0.2, 0.25) is 0 Å². The van der Waals surface area contributed by atoms with Crippen LogP contribution in [-0.2, 0) is 16.1 Å². The molecular formula is C21H26N2O4. The molecule has 0 radical (unpaired) electrons. The first kappa shape index (κ1) is 20.3. The predicted octanol–water partition coefficient (Wildman–Crippen LogP) is 3.29. The summed E-state index contributed by atoms with van der Waals surface area (Å²) in [5.41, 5.74) is 2.72. The lowest BCUT2D eigenvalue weighted by Crippen LogP contribution is -2.28. The van der Waals surface area contributed by atoms with Crippen molar-refractivity contribution in [3.05, 3.63) is 53.6 Å². The van der Waals surface area contributed by atoms with Crippen molar-refractivity contribution in [3.8, 4) is 11.5 Å². The highest BCUT2D eigenvalue weighted by Crippen LogP contribution is 2.27. The molecule has 0 aromatic heterocycles. The average Bonchev–Trinajstić information content (AvgIpc) is 2.66. The molecule has 0 fully saturated rings. The number of carbonyl (C=O) groups is 2. The fourth-order valence-electron chi connectivity index (χ4n) is 2.28. The molecule has 0 aliphatic carbocycles. The van der Waals surface area contributed by atoms with E-state index in [1.165, 1.54) is 0 Å². The summed E-state index contributed by atoms with van der Waals surface area (Å²) in [5, 5.41) is 5.63. The third-order valence-corrected chi connectivity index (χ3v) is 3.91. The lowest BCUT2D eigenvalue weighted by molar-refractivity contribution is -0.123. The molecule has 0 atom stereocenters. The van der Waals surface area contributed by atoms with E-state index in [9.17, 15) is 9.59 Å². The van der Waals surface area contributed by atoms with Gasteiger partial charge in [-0.2, -0.15) is 0 Å². The second-order valence-electron chi connectivity index (χ2n) is 6.56. The number of carbonyl (C=O) groups excluding carboxylic acids is 2. The van der Waals surface area contributed by atoms with Crippen molar-refractivity contribution < 1.29 is 19.1 Å². The maximum Gasteiger partial charge on any atom is 0.258 e. The summed E-state index contributed by atoms with van der Waals surface area (Å²) in [5.74, 6) is 0.802. The van der Waals surface area contributed by atoms with Gasteiger partial charge in [-0.15, -0.1) is 0 Å². The predicted molar refractivity (Wildman–Crippen MR) is 105 cm³/mol. The first-order chi connectivity index (χ1) is 12.9. The van der Waals surface area contributed by atoms with Gasteiger partial charge in [0, 0.05) is 18.2 Å². The Kier molecular flexibility index (Phi) is 7.23. The number of ether oxygens (including phenoxy) is 2. The Balaban J connectivity index is 1.81. The Bertz CT molecular complexity index is 785. The zero-order chi connectivity index (χ0) is 19.8. The number of rotatable bonds is 8. The standard InChI is InChI=1S/C21H26N2O4/c1-14(2)21(25)23-17-8-6-16(7-9-17)12-22-20(24)13-27-18-10-5-15(3)11-19(18)26-4/h5-11,14H,12-13H2,1-4H3,(H,22,24)(H,23,25). The zero-order valence-corrected chi connectivity index (χ0v) is 16.2. The molecule has 0 spiro atoms. The molecule has 0 saturated carbocycles. The van der Waals surface area contributed by atoms with Crippen LogP contribution in [0.1, 0.15) is 25.0 Å². The van der Waals surface area contributed by atoms with Crippen LogP contribution >= 0.6 is 0 Å². The first-order valence-corrected chi connectivity index (χ1v) is 8.83. The van der Waals surface area contributed by atoms with Crippen molar-refractivity contribution in [2.45, 2.75) is 27.3 Å². The third kappa shape index (κ3) is 6.33. The molecule has 0 heterocycles. The van der Waals surface area contributed by atoms with Crippen LogP contribution in [0.5, 0.6) is 11.5 Å². The van der Waals surface area contributed by atoms with Crippen molar-refractivity contribution in [2.24, 2.45) is 5.92 Å². The monoisotopic (exact) mass is 370 g/mol. The fraction of sp³-hybridized carbons (Fsp3) is 0.333. The second kappa shape index (κ2) is 9.62. The number of amides is 2. The molecule has 2 N–H and O–H groups in total. The van der Waals surface area contributed by atoms with Crippen molar-refractivity contribution in [1.82, 2.24) is 5.32 Å². The van der Waals surface area contributed by atoms with Crippen molar-refractivity contribution in [3.63, 3.8) is 0 Å². The van der Waals surface area contributed by atoms with Crippen molar-refractivity contribution in [2.75, 3.05) is 19.0 Å². The molecule has 2 rings (SSSR count). The molecule has 2 amide bonds. The van der Waals surface area contributed by atoms with E-state index in [0.717, 1.165) is 16.8 Å². The lowest BCUT2D eigenvalue weighted by atomic mass is 10.1. The minimum Gasteiger partial charge on any atom is -0.493 e. The smallest absolute Gasteiger partial charge is 0.258 e. The number of aryl methyl sites for hydroxylation is 1. The van der Waals surface area contributed by atoms with Crippen molar-refractivity contribution in [1.29, 1.82) is 0 Å². The summed E-state index contributed by atoms with van der Waals surface area (Å²) in [6.07, 6.45) is 0. The van der Waals surface area contributed by atoms with E-state index < -0.39 is 0 Å². The van der Waals surface area contributed by atoms with Crippen LogP contribution in [0.3, 0.4) is 0 Å². The van der Waals surface area contributed by atoms with E-state index in [1.807, 2.05) is 57.2 Å². The van der Waals surface area contributed by atoms with Gasteiger partial charge >= 0.3 is 0 Å². The molecule has 2 aromatic carbocycles. The van der Waals surface area contributed by atoms with E-state index in [0.29, 0.717) is 18.0 Å². The van der Waals surface area contributed by atoms with Gasteiger partial charge in [0.15, 0.2) is 18.1 Å². The van der Waals surface area contributed by atoms with Crippen LogP contribution in [0.4, 0.5) is 5.69 Å². The number of anilines is 1. The highest BCUT2D eigenvalue weighted by Gasteiger charge is 2.09. The molecule has 6 heteroatoms. The largest absolute Gasteiger partial charge is 0.493 e. The maximum absolute atomic E-state index is 12.0. The first-order valence-electron chi connectivity index (χ1n) is 8.83. The molecule has 0 unspecified atom stereocenters. The Morgan fingerprint density at radius 1 is 1.04 bits per heavy atom. The molecule has 2 aromatic rings. The van der Waals surface area contributed by atoms with Gasteiger partial charge in [-0.25, -0.2) is 0 Å². The van der Waals surface area contributed by atoms with Gasteiger partial charge in [-0.1, -0.05) is 32.0 Å². The summed E-state index contributed by atoms with van der Waals surface area (Å²) < 4.78 is 10.8. The molecule has 0 aliphatic heterocycles. The number of hydrogen-bond acceptors (Lipinski definition) is 4. The van der Waals surface area contributed by atoms with Gasteiger partial charge in [0.2, 0.25) is 5.91 Å². The van der Waals surface area contributed by atoms with Crippen molar-refractivity contribution >= 4 is 17.5 Å². The fourth-order valence-corrected chi connectivity index (χ4v) is 2.28. The highest BCUT2D eigenvalue weighted by atomic mass is 16.5. The van der Waals surface area contributed by atoms with Gasteiger partial charge in [0.1, 0.15) is 0 Å². The van der Waals surface area contributed by atoms with Gasteiger partial charge in [-0.3, -0.25) is 9.59 Å². The Morgan fingerprint density at radius 3 is 2.37 bits per heavy atom. The van der Waals surface area contributed by atoms with Gasteiger partial charge in [0.05, 0.1) is 7.11 Å². The quantitative estimate of drug-likeness (QED) is 0.748. The Hall–Kier alpha value is -3.02. The number of methoxy groups -OCH3 is 1. The molecule has 6 nitrogen and oxygen atoms in total. The Labute approximate surface area is 159 Å². The summed E-state index contributed by atoms with van der Waals surface area (Å²) >= 11 is 0. The maximum atomic E-state index is 12.0. The van der Waals surface area contributed by atoms with Gasteiger partial charge < -0.3 is 20.1 Å². The molecule has 144 valence electrons. The lowest BCUT2D eigenvalue weighted by Gasteiger charge is -2.12. The van der Waals surface area contributed by atoms with Crippen LogP contribution < -0.4 is 20.1 Å². The van der Waals surface area contributed by atoms with Crippen LogP contribution in [0.15, 0.2) is 42.5 Å². The van der Waals surface area contributed by atoms with Crippen LogP contribution in [0.25, 0.3) is 0 Å². The number of hydrogen-bond donors (Lipinski definition) is 2. The summed E-state index contributed by atoms with van der Waals surface area (Å²) in [6.45, 7) is 5.92. The topological polar surface area (TPSA) is 76.7 Å².